The summed E-state index contributed by atoms with van der Waals surface area (Å²) in [5, 5.41) is 13.9. The number of benzene rings is 1. The van der Waals surface area contributed by atoms with Gasteiger partial charge in [-0.1, -0.05) is 12.1 Å². The fourth-order valence-electron chi connectivity index (χ4n) is 3.00. The maximum Gasteiger partial charge on any atom is 0.226 e. The summed E-state index contributed by atoms with van der Waals surface area (Å²) < 4.78 is 32.6. The molecular formula is C16H19F2N3O2. The van der Waals surface area contributed by atoms with Gasteiger partial charge in [0, 0.05) is 24.6 Å². The molecule has 2 heterocycles. The average Bonchev–Trinajstić information content (AvgIpc) is 3.09. The number of β-amino-alcohol motifs (C(OH)–C–C–N with tert-alkyl or cyclic N) is 1. The topological polar surface area (TPSA) is 62.4 Å². The Morgan fingerprint density at radius 3 is 3.00 bits per heavy atom. The zero-order chi connectivity index (χ0) is 16.4. The molecule has 2 atom stereocenters. The molecule has 0 amide bonds. The second-order valence-corrected chi connectivity index (χ2v) is 5.85. The van der Waals surface area contributed by atoms with Gasteiger partial charge in [-0.3, -0.25) is 4.90 Å². The highest BCUT2D eigenvalue weighted by molar-refractivity contribution is 5.24. The number of hydrogen-bond donors (Lipinski definition) is 1. The van der Waals surface area contributed by atoms with Crippen LogP contribution in [0.2, 0.25) is 0 Å². The summed E-state index contributed by atoms with van der Waals surface area (Å²) in [6, 6.07) is 2.98. The monoisotopic (exact) mass is 323 g/mol. The minimum absolute atomic E-state index is 0.249. The highest BCUT2D eigenvalue weighted by atomic mass is 19.1. The van der Waals surface area contributed by atoms with Crippen molar-refractivity contribution in [3.8, 4) is 0 Å². The average molecular weight is 323 g/mol. The predicted octanol–water partition coefficient (Wildman–Crippen LogP) is 2.61. The number of aliphatic hydroxyl groups excluding tert-OH is 1. The van der Waals surface area contributed by atoms with Crippen molar-refractivity contribution in [2.45, 2.75) is 44.9 Å². The first kappa shape index (κ1) is 16.0. The molecule has 1 aliphatic rings. The Morgan fingerprint density at radius 2 is 2.22 bits per heavy atom. The molecule has 1 saturated heterocycles. The van der Waals surface area contributed by atoms with Crippen molar-refractivity contribution in [1.82, 2.24) is 15.0 Å². The number of rotatable bonds is 5. The number of aryl methyl sites for hydroxylation is 1. The van der Waals surface area contributed by atoms with Crippen LogP contribution in [-0.4, -0.2) is 32.8 Å². The normalized spacial score (nSPS) is 21.9. The zero-order valence-electron chi connectivity index (χ0n) is 12.9. The zero-order valence-corrected chi connectivity index (χ0v) is 12.9. The molecule has 1 N–H and O–H groups in total. The Kier molecular flexibility index (Phi) is 4.68. The van der Waals surface area contributed by atoms with Crippen molar-refractivity contribution >= 4 is 0 Å². The summed E-state index contributed by atoms with van der Waals surface area (Å²) in [7, 11) is 0. The SMILES string of the molecule is CCCc1nc(CN2C[C@@H](O)C[C@H]2c2cc(F)ccc2F)no1. The first-order chi connectivity index (χ1) is 11.1. The number of halogens is 2. The van der Waals surface area contributed by atoms with Crippen LogP contribution in [0.5, 0.6) is 0 Å². The standard InChI is InChI=1S/C16H19F2N3O2/c1-2-3-16-19-15(20-23-16)9-21-8-11(22)7-14(21)12-6-10(17)4-5-13(12)18/h4-6,11,14,22H,2-3,7-9H2,1H3/t11-,14-/m0/s1. The lowest BCUT2D eigenvalue weighted by Crippen LogP contribution is -2.25. The van der Waals surface area contributed by atoms with Gasteiger partial charge in [0.2, 0.25) is 5.89 Å². The van der Waals surface area contributed by atoms with E-state index in [1.165, 1.54) is 6.07 Å². The third-order valence-corrected chi connectivity index (χ3v) is 4.02. The van der Waals surface area contributed by atoms with Gasteiger partial charge in [0.15, 0.2) is 5.82 Å². The van der Waals surface area contributed by atoms with E-state index in [1.807, 2.05) is 11.8 Å². The minimum atomic E-state index is -0.593. The Balaban J connectivity index is 1.80. The van der Waals surface area contributed by atoms with E-state index in [-0.39, 0.29) is 5.56 Å². The molecule has 0 bridgehead atoms. The van der Waals surface area contributed by atoms with Gasteiger partial charge in [-0.2, -0.15) is 4.98 Å². The van der Waals surface area contributed by atoms with Crippen molar-refractivity contribution in [1.29, 1.82) is 0 Å². The van der Waals surface area contributed by atoms with Crippen LogP contribution in [0.25, 0.3) is 0 Å². The van der Waals surface area contributed by atoms with Crippen LogP contribution >= 0.6 is 0 Å². The van der Waals surface area contributed by atoms with Crippen molar-refractivity contribution in [2.24, 2.45) is 0 Å². The van der Waals surface area contributed by atoms with Crippen molar-refractivity contribution < 1.29 is 18.4 Å². The molecule has 2 aromatic rings. The summed E-state index contributed by atoms with van der Waals surface area (Å²) in [6.45, 7) is 2.70. The number of nitrogens with zero attached hydrogens (tertiary/aromatic N) is 3. The number of hydrogen-bond acceptors (Lipinski definition) is 5. The smallest absolute Gasteiger partial charge is 0.226 e. The Hall–Kier alpha value is -1.86. The maximum absolute atomic E-state index is 14.0. The van der Waals surface area contributed by atoms with Gasteiger partial charge in [-0.25, -0.2) is 8.78 Å². The molecule has 0 radical (unpaired) electrons. The molecule has 1 aromatic heterocycles. The lowest BCUT2D eigenvalue weighted by molar-refractivity contribution is 0.170. The van der Waals surface area contributed by atoms with Gasteiger partial charge >= 0.3 is 0 Å². The molecule has 1 fully saturated rings. The number of aliphatic hydroxyl groups is 1. The van der Waals surface area contributed by atoms with Crippen molar-refractivity contribution in [3.63, 3.8) is 0 Å². The summed E-state index contributed by atoms with van der Waals surface area (Å²) in [5.41, 5.74) is 0.249. The van der Waals surface area contributed by atoms with Gasteiger partial charge < -0.3 is 9.63 Å². The molecule has 23 heavy (non-hydrogen) atoms. The Bertz CT molecular complexity index is 677. The molecule has 0 saturated carbocycles. The van der Waals surface area contributed by atoms with Gasteiger partial charge in [-0.05, 0) is 31.0 Å². The van der Waals surface area contributed by atoms with E-state index in [2.05, 4.69) is 10.1 Å². The van der Waals surface area contributed by atoms with Gasteiger partial charge in [-0.15, -0.1) is 0 Å². The molecule has 1 aromatic carbocycles. The predicted molar refractivity (Wildman–Crippen MR) is 78.4 cm³/mol. The summed E-state index contributed by atoms with van der Waals surface area (Å²) >= 11 is 0. The van der Waals surface area contributed by atoms with Crippen LogP contribution in [0.1, 0.15) is 43.1 Å². The van der Waals surface area contributed by atoms with Crippen molar-refractivity contribution in [3.05, 3.63) is 47.1 Å². The van der Waals surface area contributed by atoms with Crippen LogP contribution < -0.4 is 0 Å². The van der Waals surface area contributed by atoms with E-state index in [1.54, 1.807) is 0 Å². The van der Waals surface area contributed by atoms with E-state index in [9.17, 15) is 13.9 Å². The molecule has 3 rings (SSSR count). The quantitative estimate of drug-likeness (QED) is 0.916. The van der Waals surface area contributed by atoms with Crippen LogP contribution in [-0.2, 0) is 13.0 Å². The maximum atomic E-state index is 14.0. The van der Waals surface area contributed by atoms with Crippen LogP contribution in [0, 0.1) is 11.6 Å². The first-order valence-corrected chi connectivity index (χ1v) is 7.75. The summed E-state index contributed by atoms with van der Waals surface area (Å²) in [5.74, 6) is 0.0860. The van der Waals surface area contributed by atoms with E-state index in [0.717, 1.165) is 18.6 Å². The van der Waals surface area contributed by atoms with E-state index >= 15 is 0 Å². The number of likely N-dealkylation sites (tertiary alicyclic amines) is 1. The molecular weight excluding hydrogens is 304 g/mol. The third-order valence-electron chi connectivity index (χ3n) is 4.02. The Labute approximate surface area is 132 Å². The van der Waals surface area contributed by atoms with Crippen molar-refractivity contribution in [2.75, 3.05) is 6.54 Å². The first-order valence-electron chi connectivity index (χ1n) is 7.75. The van der Waals surface area contributed by atoms with Crippen LogP contribution in [0.4, 0.5) is 8.78 Å². The van der Waals surface area contributed by atoms with E-state index in [4.69, 9.17) is 4.52 Å². The molecule has 5 nitrogen and oxygen atoms in total. The molecule has 0 aliphatic carbocycles. The van der Waals surface area contributed by atoms with E-state index in [0.29, 0.717) is 37.6 Å². The fourth-order valence-corrected chi connectivity index (χ4v) is 3.00. The Morgan fingerprint density at radius 1 is 1.39 bits per heavy atom. The molecule has 1 aliphatic heterocycles. The lowest BCUT2D eigenvalue weighted by Gasteiger charge is -2.23. The summed E-state index contributed by atoms with van der Waals surface area (Å²) in [4.78, 5) is 6.14. The van der Waals surface area contributed by atoms with Gasteiger partial charge in [0.25, 0.3) is 0 Å². The van der Waals surface area contributed by atoms with Crippen LogP contribution in [0.15, 0.2) is 22.7 Å². The fraction of sp³-hybridized carbons (Fsp3) is 0.500. The second-order valence-electron chi connectivity index (χ2n) is 5.85. The molecule has 0 spiro atoms. The molecule has 0 unspecified atom stereocenters. The van der Waals surface area contributed by atoms with Crippen LogP contribution in [0.3, 0.4) is 0 Å². The largest absolute Gasteiger partial charge is 0.392 e. The molecule has 124 valence electrons. The third kappa shape index (κ3) is 3.56. The second kappa shape index (κ2) is 6.72. The highest BCUT2D eigenvalue weighted by Crippen LogP contribution is 2.34. The number of aromatic nitrogens is 2. The highest BCUT2D eigenvalue weighted by Gasteiger charge is 2.34. The molecule has 7 heteroatoms. The lowest BCUT2D eigenvalue weighted by atomic mass is 10.0. The van der Waals surface area contributed by atoms with Gasteiger partial charge in [0.1, 0.15) is 11.6 Å². The van der Waals surface area contributed by atoms with Gasteiger partial charge in [0.05, 0.1) is 12.6 Å². The van der Waals surface area contributed by atoms with E-state index < -0.39 is 23.8 Å². The minimum Gasteiger partial charge on any atom is -0.392 e. The summed E-state index contributed by atoms with van der Waals surface area (Å²) in [6.07, 6.45) is 1.36.